The molecule has 2 rings (SSSR count). The van der Waals surface area contributed by atoms with Crippen molar-refractivity contribution in [2.75, 3.05) is 6.54 Å². The number of furan rings is 1. The maximum Gasteiger partial charge on any atom is 0.254 e. The Kier molecular flexibility index (Phi) is 3.60. The minimum atomic E-state index is 0.0319. The highest BCUT2D eigenvalue weighted by Gasteiger charge is 2.14. The van der Waals surface area contributed by atoms with Crippen molar-refractivity contribution in [2.24, 2.45) is 0 Å². The Bertz CT molecular complexity index is 462. The maximum atomic E-state index is 12.2. The van der Waals surface area contributed by atoms with Gasteiger partial charge in [-0.1, -0.05) is 18.2 Å². The molecule has 0 saturated heterocycles. The van der Waals surface area contributed by atoms with Gasteiger partial charge in [-0.25, -0.2) is 0 Å². The van der Waals surface area contributed by atoms with E-state index in [9.17, 15) is 4.79 Å². The molecule has 0 bridgehead atoms. The van der Waals surface area contributed by atoms with Crippen LogP contribution >= 0.6 is 0 Å². The van der Waals surface area contributed by atoms with Crippen LogP contribution in [-0.4, -0.2) is 17.4 Å². The van der Waals surface area contributed by atoms with Gasteiger partial charge < -0.3 is 9.32 Å². The van der Waals surface area contributed by atoms with Crippen LogP contribution in [0.25, 0.3) is 0 Å². The van der Waals surface area contributed by atoms with E-state index in [1.807, 2.05) is 49.4 Å². The van der Waals surface area contributed by atoms with Gasteiger partial charge in [0.15, 0.2) is 0 Å². The lowest BCUT2D eigenvalue weighted by Gasteiger charge is -2.19. The lowest BCUT2D eigenvalue weighted by molar-refractivity contribution is 0.0741. The second-order valence-corrected chi connectivity index (χ2v) is 3.76. The summed E-state index contributed by atoms with van der Waals surface area (Å²) in [7, 11) is 0. The number of benzene rings is 1. The highest BCUT2D eigenvalue weighted by molar-refractivity contribution is 5.94. The number of amides is 1. The molecule has 0 aliphatic heterocycles. The Morgan fingerprint density at radius 3 is 2.53 bits per heavy atom. The van der Waals surface area contributed by atoms with E-state index < -0.39 is 0 Å². The van der Waals surface area contributed by atoms with Crippen molar-refractivity contribution in [3.05, 3.63) is 60.1 Å². The zero-order valence-corrected chi connectivity index (χ0v) is 9.80. The molecule has 0 N–H and O–H groups in total. The van der Waals surface area contributed by atoms with Gasteiger partial charge in [0.05, 0.1) is 12.8 Å². The van der Waals surface area contributed by atoms with Crippen molar-refractivity contribution in [2.45, 2.75) is 13.5 Å². The molecular weight excluding hydrogens is 214 g/mol. The van der Waals surface area contributed by atoms with E-state index >= 15 is 0 Å². The molecule has 1 amide bonds. The Morgan fingerprint density at radius 2 is 1.94 bits per heavy atom. The normalized spacial score (nSPS) is 10.2. The summed E-state index contributed by atoms with van der Waals surface area (Å²) in [6, 6.07) is 13.0. The van der Waals surface area contributed by atoms with E-state index in [-0.39, 0.29) is 5.91 Å². The summed E-state index contributed by atoms with van der Waals surface area (Å²) < 4.78 is 5.26. The first-order valence-electron chi connectivity index (χ1n) is 5.68. The molecule has 0 aliphatic rings. The number of nitrogens with zero attached hydrogens (tertiary/aromatic N) is 1. The summed E-state index contributed by atoms with van der Waals surface area (Å²) in [4.78, 5) is 13.9. The number of carbonyl (C=O) groups is 1. The second-order valence-electron chi connectivity index (χ2n) is 3.76. The van der Waals surface area contributed by atoms with Crippen molar-refractivity contribution in [1.82, 2.24) is 4.90 Å². The number of rotatable bonds is 4. The van der Waals surface area contributed by atoms with Gasteiger partial charge in [-0.3, -0.25) is 4.79 Å². The van der Waals surface area contributed by atoms with Crippen LogP contribution in [0.1, 0.15) is 23.0 Å². The van der Waals surface area contributed by atoms with Crippen molar-refractivity contribution in [3.8, 4) is 0 Å². The summed E-state index contributed by atoms with van der Waals surface area (Å²) in [5.74, 6) is 0.834. The van der Waals surface area contributed by atoms with Gasteiger partial charge in [0.2, 0.25) is 0 Å². The number of hydrogen-bond donors (Lipinski definition) is 0. The quantitative estimate of drug-likeness (QED) is 0.807. The number of carbonyl (C=O) groups excluding carboxylic acids is 1. The van der Waals surface area contributed by atoms with Gasteiger partial charge in [-0.2, -0.15) is 0 Å². The molecule has 88 valence electrons. The lowest BCUT2D eigenvalue weighted by atomic mass is 10.2. The van der Waals surface area contributed by atoms with Crippen molar-refractivity contribution in [3.63, 3.8) is 0 Å². The van der Waals surface area contributed by atoms with Gasteiger partial charge in [0, 0.05) is 12.1 Å². The molecule has 3 heteroatoms. The van der Waals surface area contributed by atoms with Crippen LogP contribution in [0.5, 0.6) is 0 Å². The molecule has 1 aromatic heterocycles. The zero-order chi connectivity index (χ0) is 12.1. The molecule has 17 heavy (non-hydrogen) atoms. The average molecular weight is 229 g/mol. The van der Waals surface area contributed by atoms with Crippen molar-refractivity contribution in [1.29, 1.82) is 0 Å². The molecule has 2 aromatic rings. The molecular formula is C14H15NO2. The smallest absolute Gasteiger partial charge is 0.254 e. The summed E-state index contributed by atoms with van der Waals surface area (Å²) in [6.07, 6.45) is 1.62. The van der Waals surface area contributed by atoms with Crippen LogP contribution in [0.3, 0.4) is 0 Å². The third-order valence-electron chi connectivity index (χ3n) is 2.62. The Hall–Kier alpha value is -2.03. The second kappa shape index (κ2) is 5.34. The van der Waals surface area contributed by atoms with Crippen molar-refractivity contribution >= 4 is 5.91 Å². The van der Waals surface area contributed by atoms with Crippen LogP contribution < -0.4 is 0 Å². The van der Waals surface area contributed by atoms with E-state index in [0.717, 1.165) is 5.76 Å². The Labute approximate surface area is 101 Å². The van der Waals surface area contributed by atoms with Crippen LogP contribution in [-0.2, 0) is 6.54 Å². The van der Waals surface area contributed by atoms with Crippen molar-refractivity contribution < 1.29 is 9.21 Å². The van der Waals surface area contributed by atoms with E-state index in [4.69, 9.17) is 4.42 Å². The summed E-state index contributed by atoms with van der Waals surface area (Å²) >= 11 is 0. The van der Waals surface area contributed by atoms with Crippen LogP contribution in [0.2, 0.25) is 0 Å². The molecule has 1 aromatic carbocycles. The Balaban J connectivity index is 2.11. The van der Waals surface area contributed by atoms with Gasteiger partial charge in [-0.15, -0.1) is 0 Å². The first-order valence-corrected chi connectivity index (χ1v) is 5.68. The topological polar surface area (TPSA) is 33.5 Å². The third kappa shape index (κ3) is 2.75. The first-order chi connectivity index (χ1) is 8.31. The SMILES string of the molecule is CCN(Cc1ccco1)C(=O)c1ccccc1. The van der Waals surface area contributed by atoms with Crippen LogP contribution in [0.4, 0.5) is 0 Å². The number of hydrogen-bond acceptors (Lipinski definition) is 2. The summed E-state index contributed by atoms with van der Waals surface area (Å²) in [5.41, 5.74) is 0.709. The zero-order valence-electron chi connectivity index (χ0n) is 9.80. The fraction of sp³-hybridized carbons (Fsp3) is 0.214. The molecule has 0 unspecified atom stereocenters. The molecule has 0 fully saturated rings. The average Bonchev–Trinajstić information content (AvgIpc) is 2.89. The predicted molar refractivity (Wildman–Crippen MR) is 65.6 cm³/mol. The minimum absolute atomic E-state index is 0.0319. The molecule has 0 spiro atoms. The lowest BCUT2D eigenvalue weighted by Crippen LogP contribution is -2.30. The van der Waals surface area contributed by atoms with E-state index in [1.54, 1.807) is 11.2 Å². The molecule has 0 aliphatic carbocycles. The molecule has 0 atom stereocenters. The molecule has 1 heterocycles. The van der Waals surface area contributed by atoms with Crippen LogP contribution in [0, 0.1) is 0 Å². The molecule has 0 saturated carbocycles. The summed E-state index contributed by atoms with van der Waals surface area (Å²) in [6.45, 7) is 3.13. The van der Waals surface area contributed by atoms with Gasteiger partial charge in [0.25, 0.3) is 5.91 Å². The maximum absolute atomic E-state index is 12.2. The van der Waals surface area contributed by atoms with E-state index in [1.165, 1.54) is 0 Å². The highest BCUT2D eigenvalue weighted by atomic mass is 16.3. The monoisotopic (exact) mass is 229 g/mol. The standard InChI is InChI=1S/C14H15NO2/c1-2-15(11-13-9-6-10-17-13)14(16)12-7-4-3-5-8-12/h3-10H,2,11H2,1H3. The van der Waals surface area contributed by atoms with E-state index in [0.29, 0.717) is 18.7 Å². The fourth-order valence-electron chi connectivity index (χ4n) is 1.68. The largest absolute Gasteiger partial charge is 0.467 e. The van der Waals surface area contributed by atoms with Gasteiger partial charge in [0.1, 0.15) is 5.76 Å². The summed E-state index contributed by atoms with van der Waals surface area (Å²) in [5, 5.41) is 0. The minimum Gasteiger partial charge on any atom is -0.467 e. The molecule has 3 nitrogen and oxygen atoms in total. The predicted octanol–water partition coefficient (Wildman–Crippen LogP) is 2.94. The highest BCUT2D eigenvalue weighted by Crippen LogP contribution is 2.10. The first kappa shape index (κ1) is 11.5. The van der Waals surface area contributed by atoms with Crippen LogP contribution in [0.15, 0.2) is 53.1 Å². The fourth-order valence-corrected chi connectivity index (χ4v) is 1.68. The third-order valence-corrected chi connectivity index (χ3v) is 2.62. The van der Waals surface area contributed by atoms with Gasteiger partial charge in [-0.05, 0) is 31.2 Å². The molecule has 0 radical (unpaired) electrons. The van der Waals surface area contributed by atoms with E-state index in [2.05, 4.69) is 0 Å². The van der Waals surface area contributed by atoms with Gasteiger partial charge >= 0.3 is 0 Å². The Morgan fingerprint density at radius 1 is 1.18 bits per heavy atom.